The lowest BCUT2D eigenvalue weighted by Gasteiger charge is -2.36. The Kier molecular flexibility index (Phi) is 4.05. The van der Waals surface area contributed by atoms with Crippen LogP contribution in [-0.4, -0.2) is 36.3 Å². The predicted octanol–water partition coefficient (Wildman–Crippen LogP) is 1.34. The minimum absolute atomic E-state index is 0.0915. The van der Waals surface area contributed by atoms with Crippen LogP contribution in [0.1, 0.15) is 31.2 Å². The van der Waals surface area contributed by atoms with Crippen LogP contribution in [0.15, 0.2) is 10.4 Å². The molecule has 18 heavy (non-hydrogen) atoms. The van der Waals surface area contributed by atoms with Crippen molar-refractivity contribution in [2.45, 2.75) is 49.4 Å². The Morgan fingerprint density at radius 1 is 1.56 bits per heavy atom. The number of nitrogens with zero attached hydrogens (tertiary/aromatic N) is 2. The SMILES string of the molecule is Cc1ncc(S(=O)(=O)N2CCCCC2C(C)N)s1. The molecule has 1 aromatic rings. The lowest BCUT2D eigenvalue weighted by Crippen LogP contribution is -2.51. The lowest BCUT2D eigenvalue weighted by atomic mass is 10.00. The summed E-state index contributed by atoms with van der Waals surface area (Å²) < 4.78 is 27.0. The summed E-state index contributed by atoms with van der Waals surface area (Å²) in [7, 11) is -3.43. The third kappa shape index (κ3) is 2.59. The van der Waals surface area contributed by atoms with Crippen LogP contribution < -0.4 is 5.73 Å². The summed E-state index contributed by atoms with van der Waals surface area (Å²) in [6, 6.07) is -0.236. The molecule has 0 aromatic carbocycles. The van der Waals surface area contributed by atoms with Crippen molar-refractivity contribution in [3.63, 3.8) is 0 Å². The molecule has 7 heteroatoms. The first-order chi connectivity index (χ1) is 8.43. The van der Waals surface area contributed by atoms with Crippen molar-refractivity contribution in [2.24, 2.45) is 5.73 Å². The van der Waals surface area contributed by atoms with Gasteiger partial charge in [0, 0.05) is 18.6 Å². The van der Waals surface area contributed by atoms with E-state index in [-0.39, 0.29) is 12.1 Å². The van der Waals surface area contributed by atoms with Crippen LogP contribution in [-0.2, 0) is 10.0 Å². The Hall–Kier alpha value is -0.500. The molecule has 0 amide bonds. The predicted molar refractivity (Wildman–Crippen MR) is 72.0 cm³/mol. The van der Waals surface area contributed by atoms with Crippen LogP contribution in [0.5, 0.6) is 0 Å². The van der Waals surface area contributed by atoms with Crippen LogP contribution in [0.4, 0.5) is 0 Å². The second kappa shape index (κ2) is 5.24. The van der Waals surface area contributed by atoms with E-state index in [0.29, 0.717) is 10.8 Å². The van der Waals surface area contributed by atoms with Crippen molar-refractivity contribution >= 4 is 21.4 Å². The zero-order chi connectivity index (χ0) is 13.3. The number of piperidine rings is 1. The van der Waals surface area contributed by atoms with Crippen molar-refractivity contribution < 1.29 is 8.42 Å². The van der Waals surface area contributed by atoms with E-state index < -0.39 is 10.0 Å². The van der Waals surface area contributed by atoms with Crippen molar-refractivity contribution in [2.75, 3.05) is 6.54 Å². The van der Waals surface area contributed by atoms with Gasteiger partial charge in [0.05, 0.1) is 11.2 Å². The molecule has 1 fully saturated rings. The van der Waals surface area contributed by atoms with Crippen LogP contribution in [0, 0.1) is 6.92 Å². The molecule has 0 spiro atoms. The van der Waals surface area contributed by atoms with Crippen molar-refractivity contribution in [3.05, 3.63) is 11.2 Å². The van der Waals surface area contributed by atoms with Gasteiger partial charge < -0.3 is 5.73 Å². The Bertz CT molecular complexity index is 510. The number of rotatable bonds is 3. The maximum atomic E-state index is 12.6. The second-order valence-corrected chi connectivity index (χ2v) is 8.09. The van der Waals surface area contributed by atoms with Gasteiger partial charge in [-0.2, -0.15) is 4.31 Å². The van der Waals surface area contributed by atoms with Crippen LogP contribution in [0.25, 0.3) is 0 Å². The fraction of sp³-hybridized carbons (Fsp3) is 0.727. The Morgan fingerprint density at radius 3 is 2.83 bits per heavy atom. The van der Waals surface area contributed by atoms with E-state index in [4.69, 9.17) is 5.73 Å². The minimum atomic E-state index is -3.43. The maximum Gasteiger partial charge on any atom is 0.254 e. The fourth-order valence-electron chi connectivity index (χ4n) is 2.33. The normalized spacial score (nSPS) is 24.1. The van der Waals surface area contributed by atoms with E-state index in [9.17, 15) is 8.42 Å². The first-order valence-electron chi connectivity index (χ1n) is 6.13. The standard InChI is InChI=1S/C11H19N3O2S2/c1-8(12)10-5-3-4-6-14(10)18(15,16)11-7-13-9(2)17-11/h7-8,10H,3-6,12H2,1-2H3. The summed E-state index contributed by atoms with van der Waals surface area (Å²) in [6.45, 7) is 4.24. The topological polar surface area (TPSA) is 76.3 Å². The number of aromatic nitrogens is 1. The third-order valence-corrected chi connectivity index (χ3v) is 6.54. The Morgan fingerprint density at radius 2 is 2.28 bits per heavy atom. The molecule has 0 saturated carbocycles. The van der Waals surface area contributed by atoms with Gasteiger partial charge in [-0.15, -0.1) is 11.3 Å². The van der Waals surface area contributed by atoms with Gasteiger partial charge in [0.1, 0.15) is 0 Å². The molecule has 0 radical (unpaired) electrons. The first kappa shape index (κ1) is 13.9. The molecule has 1 aliphatic heterocycles. The molecule has 102 valence electrons. The van der Waals surface area contributed by atoms with Gasteiger partial charge in [-0.25, -0.2) is 13.4 Å². The average Bonchev–Trinajstić information content (AvgIpc) is 2.76. The van der Waals surface area contributed by atoms with Crippen LogP contribution in [0.2, 0.25) is 0 Å². The van der Waals surface area contributed by atoms with Gasteiger partial charge in [-0.1, -0.05) is 6.42 Å². The summed E-state index contributed by atoms with van der Waals surface area (Å²) in [6.07, 6.45) is 4.23. The fourth-order valence-corrected chi connectivity index (χ4v) is 5.34. The van der Waals surface area contributed by atoms with Crippen LogP contribution in [0.3, 0.4) is 0 Å². The molecular formula is C11H19N3O2S2. The molecule has 2 unspecified atom stereocenters. The molecule has 1 aliphatic rings. The van der Waals surface area contributed by atoms with E-state index in [0.717, 1.165) is 24.3 Å². The monoisotopic (exact) mass is 289 g/mol. The molecule has 2 heterocycles. The zero-order valence-corrected chi connectivity index (χ0v) is 12.3. The largest absolute Gasteiger partial charge is 0.326 e. The van der Waals surface area contributed by atoms with E-state index in [2.05, 4.69) is 4.98 Å². The van der Waals surface area contributed by atoms with E-state index in [1.54, 1.807) is 4.31 Å². The Balaban J connectivity index is 2.33. The number of nitrogens with two attached hydrogens (primary N) is 1. The van der Waals surface area contributed by atoms with Gasteiger partial charge in [0.15, 0.2) is 4.21 Å². The summed E-state index contributed by atoms with van der Waals surface area (Å²) in [5.41, 5.74) is 5.92. The van der Waals surface area contributed by atoms with Gasteiger partial charge in [-0.05, 0) is 26.7 Å². The second-order valence-electron chi connectivity index (χ2n) is 4.74. The number of aryl methyl sites for hydroxylation is 1. The quantitative estimate of drug-likeness (QED) is 0.911. The molecule has 1 saturated heterocycles. The molecule has 2 rings (SSSR count). The molecule has 0 aliphatic carbocycles. The van der Waals surface area contributed by atoms with Gasteiger partial charge in [0.2, 0.25) is 0 Å². The molecule has 5 nitrogen and oxygen atoms in total. The number of thiazole rings is 1. The van der Waals surface area contributed by atoms with Crippen molar-refractivity contribution in [1.29, 1.82) is 0 Å². The summed E-state index contributed by atoms with van der Waals surface area (Å²) >= 11 is 1.22. The third-order valence-electron chi connectivity index (χ3n) is 3.27. The molecule has 2 atom stereocenters. The molecule has 2 N–H and O–H groups in total. The highest BCUT2D eigenvalue weighted by atomic mass is 32.2. The molecular weight excluding hydrogens is 270 g/mol. The molecule has 1 aromatic heterocycles. The van der Waals surface area contributed by atoms with Gasteiger partial charge in [0.25, 0.3) is 10.0 Å². The van der Waals surface area contributed by atoms with Gasteiger partial charge >= 0.3 is 0 Å². The summed E-state index contributed by atoms with van der Waals surface area (Å²) in [5.74, 6) is 0. The van der Waals surface area contributed by atoms with Gasteiger partial charge in [-0.3, -0.25) is 0 Å². The number of hydrogen-bond donors (Lipinski definition) is 1. The van der Waals surface area contributed by atoms with Crippen molar-refractivity contribution in [3.8, 4) is 0 Å². The highest BCUT2D eigenvalue weighted by Crippen LogP contribution is 2.29. The smallest absolute Gasteiger partial charge is 0.254 e. The van der Waals surface area contributed by atoms with E-state index >= 15 is 0 Å². The zero-order valence-electron chi connectivity index (χ0n) is 10.7. The summed E-state index contributed by atoms with van der Waals surface area (Å²) in [4.78, 5) is 4.03. The first-order valence-corrected chi connectivity index (χ1v) is 8.38. The maximum absolute atomic E-state index is 12.6. The number of hydrogen-bond acceptors (Lipinski definition) is 5. The lowest BCUT2D eigenvalue weighted by molar-refractivity contribution is 0.227. The highest BCUT2D eigenvalue weighted by molar-refractivity contribution is 7.91. The van der Waals surface area contributed by atoms with Crippen molar-refractivity contribution in [1.82, 2.24) is 9.29 Å². The van der Waals surface area contributed by atoms with E-state index in [1.165, 1.54) is 17.5 Å². The molecule has 0 bridgehead atoms. The van der Waals surface area contributed by atoms with E-state index in [1.807, 2.05) is 13.8 Å². The minimum Gasteiger partial charge on any atom is -0.326 e. The summed E-state index contributed by atoms with van der Waals surface area (Å²) in [5, 5.41) is 0.767. The average molecular weight is 289 g/mol. The number of sulfonamides is 1. The highest BCUT2D eigenvalue weighted by Gasteiger charge is 2.36. The Labute approximate surface area is 112 Å². The van der Waals surface area contributed by atoms with Crippen LogP contribution >= 0.6 is 11.3 Å².